The zero-order valence-electron chi connectivity index (χ0n) is 11.7. The topological polar surface area (TPSA) is 64.3 Å². The fourth-order valence-electron chi connectivity index (χ4n) is 2.64. The minimum Gasteiger partial charge on any atom is -0.488 e. The molecule has 1 aliphatic rings. The molecule has 1 aromatic carbocycles. The summed E-state index contributed by atoms with van der Waals surface area (Å²) < 4.78 is 7.83. The number of hydrogen-bond donors (Lipinski definition) is 1. The van der Waals surface area contributed by atoms with Crippen molar-refractivity contribution in [3.63, 3.8) is 0 Å². The number of nitrogens with one attached hydrogen (secondary N) is 1. The third kappa shape index (κ3) is 2.08. The largest absolute Gasteiger partial charge is 0.488 e. The summed E-state index contributed by atoms with van der Waals surface area (Å²) in [5.41, 5.74) is 2.00. The first-order chi connectivity index (χ1) is 10.3. The van der Waals surface area contributed by atoms with Gasteiger partial charge >= 0.3 is 0 Å². The Bertz CT molecular complexity index is 773. The highest BCUT2D eigenvalue weighted by molar-refractivity contribution is 5.62. The van der Waals surface area contributed by atoms with E-state index in [4.69, 9.17) is 4.74 Å². The number of anilines is 1. The van der Waals surface area contributed by atoms with E-state index in [1.165, 1.54) is 5.56 Å². The second-order valence-corrected chi connectivity index (χ2v) is 5.15. The molecule has 3 aromatic rings. The SMILES string of the molecule is Cc1nnc2c(NCC3Cc4ccccc4O3)nccn12. The third-order valence-electron chi connectivity index (χ3n) is 3.71. The highest BCUT2D eigenvalue weighted by Crippen LogP contribution is 2.28. The van der Waals surface area contributed by atoms with Gasteiger partial charge in [-0.1, -0.05) is 18.2 Å². The zero-order chi connectivity index (χ0) is 14.2. The number of aromatic nitrogens is 4. The third-order valence-corrected chi connectivity index (χ3v) is 3.71. The summed E-state index contributed by atoms with van der Waals surface area (Å²) in [4.78, 5) is 4.34. The van der Waals surface area contributed by atoms with Crippen LogP contribution in [0, 0.1) is 6.92 Å². The van der Waals surface area contributed by atoms with E-state index >= 15 is 0 Å². The molecular formula is C15H15N5O. The van der Waals surface area contributed by atoms with Crippen molar-refractivity contribution in [3.05, 3.63) is 48.0 Å². The Balaban J connectivity index is 1.50. The van der Waals surface area contributed by atoms with Gasteiger partial charge < -0.3 is 10.1 Å². The van der Waals surface area contributed by atoms with Gasteiger partial charge in [-0.15, -0.1) is 10.2 Å². The van der Waals surface area contributed by atoms with E-state index in [1.54, 1.807) is 6.20 Å². The summed E-state index contributed by atoms with van der Waals surface area (Å²) in [6.45, 7) is 2.60. The molecule has 3 heterocycles. The molecule has 6 nitrogen and oxygen atoms in total. The van der Waals surface area contributed by atoms with Crippen molar-refractivity contribution in [1.82, 2.24) is 19.6 Å². The number of ether oxygens (including phenoxy) is 1. The molecule has 0 saturated carbocycles. The molecule has 0 amide bonds. The van der Waals surface area contributed by atoms with Gasteiger partial charge in [0.2, 0.25) is 5.65 Å². The van der Waals surface area contributed by atoms with Gasteiger partial charge in [0.25, 0.3) is 0 Å². The molecule has 1 atom stereocenters. The summed E-state index contributed by atoms with van der Waals surface area (Å²) in [6, 6.07) is 8.15. The van der Waals surface area contributed by atoms with Gasteiger partial charge in [-0.05, 0) is 18.6 Å². The van der Waals surface area contributed by atoms with Crippen LogP contribution in [0.4, 0.5) is 5.82 Å². The Morgan fingerprint density at radius 1 is 1.33 bits per heavy atom. The Morgan fingerprint density at radius 3 is 3.14 bits per heavy atom. The molecule has 0 bridgehead atoms. The molecule has 0 radical (unpaired) electrons. The van der Waals surface area contributed by atoms with Crippen LogP contribution in [0.2, 0.25) is 0 Å². The summed E-state index contributed by atoms with van der Waals surface area (Å²) in [5, 5.41) is 11.5. The number of nitrogens with zero attached hydrogens (tertiary/aromatic N) is 4. The Kier molecular flexibility index (Phi) is 2.73. The van der Waals surface area contributed by atoms with E-state index in [0.717, 1.165) is 29.5 Å². The van der Waals surface area contributed by atoms with Crippen LogP contribution in [0.25, 0.3) is 5.65 Å². The van der Waals surface area contributed by atoms with Crippen molar-refractivity contribution in [2.24, 2.45) is 0 Å². The van der Waals surface area contributed by atoms with Gasteiger partial charge in [0.15, 0.2) is 5.82 Å². The average molecular weight is 281 g/mol. The fraction of sp³-hybridized carbons (Fsp3) is 0.267. The van der Waals surface area contributed by atoms with Crippen LogP contribution in [-0.4, -0.2) is 32.2 Å². The van der Waals surface area contributed by atoms with Gasteiger partial charge in [-0.25, -0.2) is 4.98 Å². The molecule has 21 heavy (non-hydrogen) atoms. The highest BCUT2D eigenvalue weighted by Gasteiger charge is 2.22. The maximum atomic E-state index is 5.91. The molecule has 2 aromatic heterocycles. The first-order valence-corrected chi connectivity index (χ1v) is 6.96. The predicted molar refractivity (Wildman–Crippen MR) is 78.6 cm³/mol. The van der Waals surface area contributed by atoms with E-state index in [1.807, 2.05) is 35.7 Å². The lowest BCUT2D eigenvalue weighted by molar-refractivity contribution is 0.246. The summed E-state index contributed by atoms with van der Waals surface area (Å²) in [6.07, 6.45) is 4.64. The van der Waals surface area contributed by atoms with E-state index in [-0.39, 0.29) is 6.10 Å². The van der Waals surface area contributed by atoms with Crippen molar-refractivity contribution in [2.45, 2.75) is 19.4 Å². The number of rotatable bonds is 3. The number of benzene rings is 1. The maximum Gasteiger partial charge on any atom is 0.203 e. The van der Waals surface area contributed by atoms with Crippen molar-refractivity contribution in [3.8, 4) is 5.75 Å². The Morgan fingerprint density at radius 2 is 2.24 bits per heavy atom. The summed E-state index contributed by atoms with van der Waals surface area (Å²) >= 11 is 0. The molecule has 0 spiro atoms. The Labute approximate surface area is 121 Å². The van der Waals surface area contributed by atoms with E-state index in [0.29, 0.717) is 6.54 Å². The van der Waals surface area contributed by atoms with Crippen molar-refractivity contribution < 1.29 is 4.74 Å². The van der Waals surface area contributed by atoms with E-state index in [9.17, 15) is 0 Å². The van der Waals surface area contributed by atoms with Crippen LogP contribution in [0.15, 0.2) is 36.7 Å². The minimum atomic E-state index is 0.119. The molecule has 0 aliphatic carbocycles. The number of aryl methyl sites for hydroxylation is 1. The fourth-order valence-corrected chi connectivity index (χ4v) is 2.64. The first-order valence-electron chi connectivity index (χ1n) is 6.96. The second-order valence-electron chi connectivity index (χ2n) is 5.15. The lowest BCUT2D eigenvalue weighted by atomic mass is 10.1. The van der Waals surface area contributed by atoms with Crippen LogP contribution < -0.4 is 10.1 Å². The predicted octanol–water partition coefficient (Wildman–Crippen LogP) is 1.85. The zero-order valence-corrected chi connectivity index (χ0v) is 11.7. The number of para-hydroxylation sites is 1. The molecule has 6 heteroatoms. The lowest BCUT2D eigenvalue weighted by Gasteiger charge is -2.12. The monoisotopic (exact) mass is 281 g/mol. The molecule has 0 fully saturated rings. The summed E-state index contributed by atoms with van der Waals surface area (Å²) in [5.74, 6) is 2.56. The van der Waals surface area contributed by atoms with E-state index in [2.05, 4.69) is 26.6 Å². The van der Waals surface area contributed by atoms with Crippen molar-refractivity contribution in [1.29, 1.82) is 0 Å². The maximum absolute atomic E-state index is 5.91. The van der Waals surface area contributed by atoms with Crippen molar-refractivity contribution >= 4 is 11.5 Å². The normalized spacial score (nSPS) is 16.7. The van der Waals surface area contributed by atoms with Crippen LogP contribution in [0.1, 0.15) is 11.4 Å². The quantitative estimate of drug-likeness (QED) is 0.793. The van der Waals surface area contributed by atoms with Crippen LogP contribution >= 0.6 is 0 Å². The van der Waals surface area contributed by atoms with Crippen LogP contribution in [0.5, 0.6) is 5.75 Å². The van der Waals surface area contributed by atoms with Gasteiger partial charge in [0.1, 0.15) is 17.7 Å². The number of hydrogen-bond acceptors (Lipinski definition) is 5. The van der Waals surface area contributed by atoms with Gasteiger partial charge in [-0.2, -0.15) is 0 Å². The summed E-state index contributed by atoms with van der Waals surface area (Å²) in [7, 11) is 0. The molecule has 1 N–H and O–H groups in total. The van der Waals surface area contributed by atoms with Crippen molar-refractivity contribution in [2.75, 3.05) is 11.9 Å². The highest BCUT2D eigenvalue weighted by atomic mass is 16.5. The van der Waals surface area contributed by atoms with Gasteiger partial charge in [-0.3, -0.25) is 4.40 Å². The first kappa shape index (κ1) is 12.1. The molecule has 4 rings (SSSR count). The molecular weight excluding hydrogens is 266 g/mol. The molecule has 1 aliphatic heterocycles. The molecule has 1 unspecified atom stereocenters. The van der Waals surface area contributed by atoms with Gasteiger partial charge in [0.05, 0.1) is 6.54 Å². The average Bonchev–Trinajstić information content (AvgIpc) is 3.09. The van der Waals surface area contributed by atoms with Crippen LogP contribution in [0.3, 0.4) is 0 Å². The van der Waals surface area contributed by atoms with E-state index < -0.39 is 0 Å². The minimum absolute atomic E-state index is 0.119. The Hall–Kier alpha value is -2.63. The standard InChI is InChI=1S/C15H15N5O/c1-10-18-19-15-14(16-6-7-20(10)15)17-9-12-8-11-4-2-3-5-13(11)21-12/h2-7,12H,8-9H2,1H3,(H,16,17). The number of fused-ring (bicyclic) bond motifs is 2. The molecule has 106 valence electrons. The lowest BCUT2D eigenvalue weighted by Crippen LogP contribution is -2.24. The van der Waals surface area contributed by atoms with Crippen LogP contribution in [-0.2, 0) is 6.42 Å². The van der Waals surface area contributed by atoms with Gasteiger partial charge in [0, 0.05) is 18.8 Å². The smallest absolute Gasteiger partial charge is 0.203 e. The second kappa shape index (κ2) is 4.73. The molecule has 0 saturated heterocycles.